The summed E-state index contributed by atoms with van der Waals surface area (Å²) in [6.45, 7) is 1.27. The molecule has 1 aromatic carbocycles. The first kappa shape index (κ1) is 16.1. The van der Waals surface area contributed by atoms with Crippen LogP contribution in [-0.4, -0.2) is 25.3 Å². The fourth-order valence-corrected chi connectivity index (χ4v) is 2.32. The lowest BCUT2D eigenvalue weighted by atomic mass is 10.1. The topological polar surface area (TPSA) is 15.3 Å². The molecule has 0 atom stereocenters. The largest absolute Gasteiger partial charge is 0.405 e. The maximum Gasteiger partial charge on any atom is 0.405 e. The third kappa shape index (κ3) is 4.88. The first-order valence-electron chi connectivity index (χ1n) is 7.23. The lowest BCUT2D eigenvalue weighted by molar-refractivity contribution is -0.119. The highest BCUT2D eigenvalue weighted by Crippen LogP contribution is 2.28. The molecule has 0 unspecified atom stereocenters. The Labute approximate surface area is 122 Å². The van der Waals surface area contributed by atoms with Gasteiger partial charge in [0.1, 0.15) is 12.4 Å². The summed E-state index contributed by atoms with van der Waals surface area (Å²) in [5.74, 6) is -0.455. The molecule has 1 saturated carbocycles. The van der Waals surface area contributed by atoms with E-state index in [0.29, 0.717) is 23.7 Å². The Hall–Kier alpha value is -1.30. The van der Waals surface area contributed by atoms with Crippen molar-refractivity contribution in [3.8, 4) is 0 Å². The molecule has 1 aromatic rings. The summed E-state index contributed by atoms with van der Waals surface area (Å²) in [5.41, 5.74) is 0.657. The van der Waals surface area contributed by atoms with Gasteiger partial charge in [-0.1, -0.05) is 13.0 Å². The lowest BCUT2D eigenvalue weighted by Gasteiger charge is -2.28. The molecular weight excluding hydrogens is 284 g/mol. The van der Waals surface area contributed by atoms with Crippen LogP contribution in [-0.2, 0) is 6.54 Å². The second-order valence-electron chi connectivity index (χ2n) is 5.43. The minimum Gasteiger partial charge on any atom is -0.362 e. The monoisotopic (exact) mass is 304 g/mol. The first-order valence-corrected chi connectivity index (χ1v) is 7.23. The van der Waals surface area contributed by atoms with Crippen molar-refractivity contribution in [2.24, 2.45) is 0 Å². The Balaban J connectivity index is 2.22. The summed E-state index contributed by atoms with van der Waals surface area (Å²) in [7, 11) is 0. The van der Waals surface area contributed by atoms with Crippen molar-refractivity contribution in [1.29, 1.82) is 0 Å². The van der Waals surface area contributed by atoms with Crippen LogP contribution in [0.2, 0.25) is 0 Å². The molecule has 21 heavy (non-hydrogen) atoms. The van der Waals surface area contributed by atoms with Gasteiger partial charge in [-0.3, -0.25) is 0 Å². The van der Waals surface area contributed by atoms with E-state index in [1.54, 1.807) is 6.07 Å². The highest BCUT2D eigenvalue weighted by atomic mass is 19.4. The van der Waals surface area contributed by atoms with Gasteiger partial charge >= 0.3 is 6.18 Å². The average Bonchev–Trinajstić information content (AvgIpc) is 3.19. The van der Waals surface area contributed by atoms with Crippen LogP contribution in [0.15, 0.2) is 18.2 Å². The van der Waals surface area contributed by atoms with E-state index >= 15 is 0 Å². The quantitative estimate of drug-likeness (QED) is 0.770. The summed E-state index contributed by atoms with van der Waals surface area (Å²) in [5, 5.41) is 3.17. The van der Waals surface area contributed by atoms with Gasteiger partial charge in [0, 0.05) is 30.4 Å². The van der Waals surface area contributed by atoms with Crippen LogP contribution in [0.3, 0.4) is 0 Å². The van der Waals surface area contributed by atoms with Gasteiger partial charge in [-0.05, 0) is 31.4 Å². The SMILES string of the molecule is CCCN(CC(F)(F)F)c1cccc(F)c1CNC1CC1. The number of hydrogen-bond acceptors (Lipinski definition) is 2. The van der Waals surface area contributed by atoms with Gasteiger partial charge in [-0.15, -0.1) is 0 Å². The summed E-state index contributed by atoms with van der Waals surface area (Å²) < 4.78 is 52.2. The third-order valence-corrected chi connectivity index (χ3v) is 3.44. The maximum absolute atomic E-state index is 14.0. The second kappa shape index (κ2) is 6.64. The van der Waals surface area contributed by atoms with Crippen molar-refractivity contribution in [2.75, 3.05) is 18.0 Å². The van der Waals surface area contributed by atoms with Crippen molar-refractivity contribution >= 4 is 5.69 Å². The third-order valence-electron chi connectivity index (χ3n) is 3.44. The Bertz CT molecular complexity index is 469. The van der Waals surface area contributed by atoms with Crippen molar-refractivity contribution in [3.63, 3.8) is 0 Å². The van der Waals surface area contributed by atoms with E-state index in [4.69, 9.17) is 0 Å². The summed E-state index contributed by atoms with van der Waals surface area (Å²) >= 11 is 0. The Kier molecular flexibility index (Phi) is 5.08. The predicted octanol–water partition coefficient (Wildman–Crippen LogP) is 3.86. The maximum atomic E-state index is 14.0. The van der Waals surface area contributed by atoms with E-state index in [9.17, 15) is 17.6 Å². The van der Waals surface area contributed by atoms with Crippen LogP contribution < -0.4 is 10.2 Å². The molecule has 1 aliphatic rings. The zero-order chi connectivity index (χ0) is 15.5. The number of nitrogens with zero attached hydrogens (tertiary/aromatic N) is 1. The molecule has 118 valence electrons. The van der Waals surface area contributed by atoms with Crippen LogP contribution in [0.25, 0.3) is 0 Å². The zero-order valence-electron chi connectivity index (χ0n) is 12.0. The normalized spacial score (nSPS) is 15.3. The number of hydrogen-bond donors (Lipinski definition) is 1. The van der Waals surface area contributed by atoms with E-state index in [-0.39, 0.29) is 13.1 Å². The summed E-state index contributed by atoms with van der Waals surface area (Å²) in [6, 6.07) is 4.70. The van der Waals surface area contributed by atoms with Crippen LogP contribution in [0.4, 0.5) is 23.2 Å². The van der Waals surface area contributed by atoms with Gasteiger partial charge in [-0.25, -0.2) is 4.39 Å². The number of rotatable bonds is 7. The van der Waals surface area contributed by atoms with E-state index in [1.807, 2.05) is 6.92 Å². The molecule has 6 heteroatoms. The van der Waals surface area contributed by atoms with Crippen molar-refractivity contribution in [3.05, 3.63) is 29.6 Å². The van der Waals surface area contributed by atoms with Crippen LogP contribution in [0, 0.1) is 5.82 Å². The molecule has 0 saturated heterocycles. The first-order chi connectivity index (χ1) is 9.90. The molecule has 0 heterocycles. The molecule has 0 radical (unpaired) electrons. The standard InChI is InChI=1S/C15H20F4N2/c1-2-8-21(10-15(17,18)19)14-5-3-4-13(16)12(14)9-20-11-6-7-11/h3-5,11,20H,2,6-10H2,1H3. The lowest BCUT2D eigenvalue weighted by Crippen LogP contribution is -2.36. The minimum absolute atomic E-state index is 0.249. The fourth-order valence-electron chi connectivity index (χ4n) is 2.32. The number of benzene rings is 1. The van der Waals surface area contributed by atoms with E-state index in [1.165, 1.54) is 17.0 Å². The van der Waals surface area contributed by atoms with Gasteiger partial charge in [0.2, 0.25) is 0 Å². The van der Waals surface area contributed by atoms with Crippen LogP contribution in [0.1, 0.15) is 31.7 Å². The number of halogens is 4. The molecular formula is C15H20F4N2. The molecule has 0 bridgehead atoms. The highest BCUT2D eigenvalue weighted by Gasteiger charge is 2.32. The van der Waals surface area contributed by atoms with Crippen molar-refractivity contribution in [1.82, 2.24) is 5.32 Å². The van der Waals surface area contributed by atoms with E-state index in [0.717, 1.165) is 12.8 Å². The Morgan fingerprint density at radius 3 is 2.57 bits per heavy atom. The number of anilines is 1. The smallest absolute Gasteiger partial charge is 0.362 e. The summed E-state index contributed by atoms with van der Waals surface area (Å²) in [4.78, 5) is 1.22. The number of nitrogens with one attached hydrogen (secondary N) is 1. The van der Waals surface area contributed by atoms with E-state index < -0.39 is 18.5 Å². The molecule has 0 amide bonds. The molecule has 1 aliphatic carbocycles. The van der Waals surface area contributed by atoms with Crippen LogP contribution >= 0.6 is 0 Å². The molecule has 2 nitrogen and oxygen atoms in total. The van der Waals surface area contributed by atoms with Crippen molar-refractivity contribution in [2.45, 2.75) is 44.9 Å². The second-order valence-corrected chi connectivity index (χ2v) is 5.43. The minimum atomic E-state index is -4.30. The molecule has 2 rings (SSSR count). The highest BCUT2D eigenvalue weighted by molar-refractivity contribution is 5.54. The molecule has 1 N–H and O–H groups in total. The Morgan fingerprint density at radius 1 is 1.29 bits per heavy atom. The van der Waals surface area contributed by atoms with Crippen LogP contribution in [0.5, 0.6) is 0 Å². The van der Waals surface area contributed by atoms with Gasteiger partial charge in [0.05, 0.1) is 0 Å². The van der Waals surface area contributed by atoms with E-state index in [2.05, 4.69) is 5.32 Å². The average molecular weight is 304 g/mol. The molecule has 0 aromatic heterocycles. The Morgan fingerprint density at radius 2 is 2.00 bits per heavy atom. The molecule has 0 aliphatic heterocycles. The zero-order valence-corrected chi connectivity index (χ0v) is 12.0. The van der Waals surface area contributed by atoms with Gasteiger partial charge < -0.3 is 10.2 Å². The predicted molar refractivity (Wildman–Crippen MR) is 74.8 cm³/mol. The number of alkyl halides is 3. The van der Waals surface area contributed by atoms with Crippen molar-refractivity contribution < 1.29 is 17.6 Å². The van der Waals surface area contributed by atoms with Gasteiger partial charge in [-0.2, -0.15) is 13.2 Å². The fraction of sp³-hybridized carbons (Fsp3) is 0.600. The molecule has 1 fully saturated rings. The molecule has 0 spiro atoms. The summed E-state index contributed by atoms with van der Waals surface area (Å²) in [6.07, 6.45) is -1.64. The van der Waals surface area contributed by atoms with Gasteiger partial charge in [0.25, 0.3) is 0 Å². The van der Waals surface area contributed by atoms with Gasteiger partial charge in [0.15, 0.2) is 0 Å².